The third-order valence-corrected chi connectivity index (χ3v) is 5.63. The van der Waals surface area contributed by atoms with Crippen molar-refractivity contribution >= 4 is 40.5 Å². The Labute approximate surface area is 194 Å². The van der Waals surface area contributed by atoms with Crippen molar-refractivity contribution in [3.63, 3.8) is 0 Å². The molecule has 1 atom stereocenters. The molecule has 32 heavy (non-hydrogen) atoms. The Kier molecular flexibility index (Phi) is 7.88. The predicted octanol–water partition coefficient (Wildman–Crippen LogP) is 5.64. The molecule has 0 aliphatic carbocycles. The van der Waals surface area contributed by atoms with Crippen molar-refractivity contribution in [2.75, 3.05) is 12.4 Å². The SMILES string of the molecule is CCC1CC(C)=CC(=Nc2cc(Nc3ccccc3C(=O)NOC)c(Cl)cn2)N1C(C)C. The molecule has 1 aromatic heterocycles. The average Bonchev–Trinajstić information content (AvgIpc) is 2.75. The molecule has 2 aromatic rings. The van der Waals surface area contributed by atoms with Crippen molar-refractivity contribution in [1.29, 1.82) is 0 Å². The topological polar surface area (TPSA) is 78.8 Å². The number of aliphatic imine (C=N–C) groups is 1. The monoisotopic (exact) mass is 455 g/mol. The van der Waals surface area contributed by atoms with Gasteiger partial charge < -0.3 is 10.2 Å². The van der Waals surface area contributed by atoms with E-state index in [1.165, 1.54) is 12.7 Å². The number of pyridine rings is 1. The van der Waals surface area contributed by atoms with Crippen LogP contribution >= 0.6 is 11.6 Å². The van der Waals surface area contributed by atoms with E-state index in [1.807, 2.05) is 6.07 Å². The van der Waals surface area contributed by atoms with Crippen LogP contribution in [0.15, 0.2) is 53.2 Å². The molecule has 2 heterocycles. The zero-order valence-corrected chi connectivity index (χ0v) is 19.9. The molecule has 0 saturated carbocycles. The summed E-state index contributed by atoms with van der Waals surface area (Å²) in [5.74, 6) is 1.08. The van der Waals surface area contributed by atoms with Gasteiger partial charge in [0, 0.05) is 18.2 Å². The Bertz CT molecular complexity index is 1030. The third-order valence-electron chi connectivity index (χ3n) is 5.32. The van der Waals surface area contributed by atoms with Gasteiger partial charge in [-0.15, -0.1) is 0 Å². The first-order valence-corrected chi connectivity index (χ1v) is 11.1. The van der Waals surface area contributed by atoms with Gasteiger partial charge in [0.25, 0.3) is 5.91 Å². The normalized spacial score (nSPS) is 17.5. The fraction of sp³-hybridized carbons (Fsp3) is 0.375. The van der Waals surface area contributed by atoms with Crippen molar-refractivity contribution in [3.05, 3.63) is 58.8 Å². The van der Waals surface area contributed by atoms with Crippen molar-refractivity contribution in [2.45, 2.75) is 52.6 Å². The number of halogens is 1. The number of carbonyl (C=O) groups is 1. The summed E-state index contributed by atoms with van der Waals surface area (Å²) in [6.07, 6.45) is 5.77. The van der Waals surface area contributed by atoms with Gasteiger partial charge in [0.15, 0.2) is 5.82 Å². The first kappa shape index (κ1) is 23.8. The van der Waals surface area contributed by atoms with Crippen LogP contribution in [0.2, 0.25) is 5.02 Å². The molecule has 1 aliphatic rings. The number of hydrogen-bond donors (Lipinski definition) is 2. The maximum absolute atomic E-state index is 12.3. The average molecular weight is 456 g/mol. The van der Waals surface area contributed by atoms with Gasteiger partial charge in [-0.1, -0.05) is 36.2 Å². The number of para-hydroxylation sites is 1. The number of hydrogen-bond acceptors (Lipinski definition) is 5. The van der Waals surface area contributed by atoms with E-state index in [1.54, 1.807) is 30.5 Å². The van der Waals surface area contributed by atoms with Crippen molar-refractivity contribution in [3.8, 4) is 0 Å². The maximum Gasteiger partial charge on any atom is 0.276 e. The van der Waals surface area contributed by atoms with Crippen LogP contribution < -0.4 is 10.8 Å². The molecular formula is C24H30ClN5O2. The fourth-order valence-electron chi connectivity index (χ4n) is 3.91. The zero-order chi connectivity index (χ0) is 23.3. The lowest BCUT2D eigenvalue weighted by Crippen LogP contribution is -2.46. The number of amides is 1. The summed E-state index contributed by atoms with van der Waals surface area (Å²) >= 11 is 6.41. The van der Waals surface area contributed by atoms with Crippen LogP contribution in [0, 0.1) is 0 Å². The molecule has 1 aromatic carbocycles. The number of hydroxylamine groups is 1. The van der Waals surface area contributed by atoms with Gasteiger partial charge in [0.05, 0.1) is 35.3 Å². The van der Waals surface area contributed by atoms with E-state index in [-0.39, 0.29) is 5.91 Å². The van der Waals surface area contributed by atoms with Crippen LogP contribution in [-0.2, 0) is 4.84 Å². The summed E-state index contributed by atoms with van der Waals surface area (Å²) < 4.78 is 0. The summed E-state index contributed by atoms with van der Waals surface area (Å²) in [5.41, 5.74) is 5.28. The van der Waals surface area contributed by atoms with E-state index in [0.29, 0.717) is 39.9 Å². The first-order valence-electron chi connectivity index (χ1n) is 10.7. The second-order valence-electron chi connectivity index (χ2n) is 8.06. The van der Waals surface area contributed by atoms with E-state index in [0.717, 1.165) is 18.7 Å². The lowest BCUT2D eigenvalue weighted by molar-refractivity contribution is 0.0538. The van der Waals surface area contributed by atoms with Gasteiger partial charge >= 0.3 is 0 Å². The van der Waals surface area contributed by atoms with Gasteiger partial charge in [-0.25, -0.2) is 15.5 Å². The number of nitrogens with one attached hydrogen (secondary N) is 2. The van der Waals surface area contributed by atoms with Crippen molar-refractivity contribution in [2.24, 2.45) is 4.99 Å². The Morgan fingerprint density at radius 1 is 1.34 bits per heavy atom. The van der Waals surface area contributed by atoms with E-state index in [4.69, 9.17) is 21.4 Å². The molecule has 0 saturated heterocycles. The van der Waals surface area contributed by atoms with E-state index in [9.17, 15) is 4.79 Å². The van der Waals surface area contributed by atoms with E-state index < -0.39 is 0 Å². The first-order chi connectivity index (χ1) is 15.3. The van der Waals surface area contributed by atoms with Crippen LogP contribution in [0.5, 0.6) is 0 Å². The maximum atomic E-state index is 12.3. The fourth-order valence-corrected chi connectivity index (χ4v) is 4.06. The molecule has 1 aliphatic heterocycles. The lowest BCUT2D eigenvalue weighted by Gasteiger charge is -2.39. The Morgan fingerprint density at radius 3 is 2.78 bits per heavy atom. The van der Waals surface area contributed by atoms with Gasteiger partial charge in [-0.05, 0) is 51.8 Å². The van der Waals surface area contributed by atoms with Crippen molar-refractivity contribution in [1.82, 2.24) is 15.4 Å². The highest BCUT2D eigenvalue weighted by molar-refractivity contribution is 6.33. The quantitative estimate of drug-likeness (QED) is 0.528. The van der Waals surface area contributed by atoms with E-state index in [2.05, 4.69) is 54.5 Å². The van der Waals surface area contributed by atoms with E-state index >= 15 is 0 Å². The summed E-state index contributed by atoms with van der Waals surface area (Å²) in [5, 5.41) is 3.66. The van der Waals surface area contributed by atoms with Crippen LogP contribution in [0.25, 0.3) is 0 Å². The molecule has 0 radical (unpaired) electrons. The largest absolute Gasteiger partial charge is 0.353 e. The van der Waals surface area contributed by atoms with Gasteiger partial charge in [0.1, 0.15) is 5.84 Å². The molecule has 0 spiro atoms. The van der Waals surface area contributed by atoms with Gasteiger partial charge in [-0.2, -0.15) is 0 Å². The zero-order valence-electron chi connectivity index (χ0n) is 19.1. The molecule has 1 unspecified atom stereocenters. The molecule has 7 nitrogen and oxygen atoms in total. The van der Waals surface area contributed by atoms with Crippen LogP contribution in [0.3, 0.4) is 0 Å². The Balaban J connectivity index is 1.96. The predicted molar refractivity (Wildman–Crippen MR) is 130 cm³/mol. The molecule has 3 rings (SSSR count). The summed E-state index contributed by atoms with van der Waals surface area (Å²) in [7, 11) is 1.39. The highest BCUT2D eigenvalue weighted by Gasteiger charge is 2.26. The highest BCUT2D eigenvalue weighted by Crippen LogP contribution is 2.31. The molecule has 0 bridgehead atoms. The molecule has 1 amide bonds. The number of benzene rings is 1. The molecule has 170 valence electrons. The second-order valence-corrected chi connectivity index (χ2v) is 8.46. The number of aromatic nitrogens is 1. The Hall–Kier alpha value is -2.90. The minimum absolute atomic E-state index is 0.319. The number of amidine groups is 1. The minimum atomic E-state index is -0.359. The van der Waals surface area contributed by atoms with Gasteiger partial charge in [0.2, 0.25) is 0 Å². The summed E-state index contributed by atoms with van der Waals surface area (Å²) in [4.78, 5) is 28.7. The van der Waals surface area contributed by atoms with Gasteiger partial charge in [-0.3, -0.25) is 9.63 Å². The number of nitrogens with zero attached hydrogens (tertiary/aromatic N) is 3. The highest BCUT2D eigenvalue weighted by atomic mass is 35.5. The van der Waals surface area contributed by atoms with Crippen LogP contribution in [0.1, 0.15) is 50.9 Å². The number of anilines is 2. The van der Waals surface area contributed by atoms with Crippen LogP contribution in [0.4, 0.5) is 17.2 Å². The smallest absolute Gasteiger partial charge is 0.276 e. The third kappa shape index (κ3) is 5.47. The van der Waals surface area contributed by atoms with Crippen molar-refractivity contribution < 1.29 is 9.63 Å². The standard InChI is InChI=1S/C24H30ClN5O2/c1-6-17-11-16(4)12-23(30(17)15(2)3)28-22-13-21(19(25)14-26-22)27-20-10-8-7-9-18(20)24(31)29-32-5/h7-10,12-15,17H,6,11H2,1-5H3,(H,26,27)(H,29,31). The Morgan fingerprint density at radius 2 is 2.09 bits per heavy atom. The molecular weight excluding hydrogens is 426 g/mol. The summed E-state index contributed by atoms with van der Waals surface area (Å²) in [6, 6.07) is 9.64. The summed E-state index contributed by atoms with van der Waals surface area (Å²) in [6.45, 7) is 8.70. The molecule has 2 N–H and O–H groups in total. The minimum Gasteiger partial charge on any atom is -0.353 e. The second kappa shape index (κ2) is 10.6. The molecule has 8 heteroatoms. The number of carbonyl (C=O) groups excluding carboxylic acids is 1. The van der Waals surface area contributed by atoms with Crippen LogP contribution in [-0.4, -0.2) is 40.8 Å². The molecule has 0 fully saturated rings. The number of rotatable bonds is 7. The lowest BCUT2D eigenvalue weighted by atomic mass is 9.97.